The Kier molecular flexibility index (Phi) is 4.79. The molecule has 0 radical (unpaired) electrons. The highest BCUT2D eigenvalue weighted by molar-refractivity contribution is 6.29. The summed E-state index contributed by atoms with van der Waals surface area (Å²) in [6.45, 7) is 2.57. The number of carbonyl (C=O) groups excluding carboxylic acids is 1. The van der Waals surface area contributed by atoms with Gasteiger partial charge in [0, 0.05) is 37.2 Å². The van der Waals surface area contributed by atoms with Crippen molar-refractivity contribution in [3.05, 3.63) is 52.6 Å². The summed E-state index contributed by atoms with van der Waals surface area (Å²) in [5.74, 6) is -0.129. The maximum absolute atomic E-state index is 12.1. The molecule has 0 atom stereocenters. The number of aryl methyl sites for hydroxylation is 2. The molecule has 0 aliphatic rings. The summed E-state index contributed by atoms with van der Waals surface area (Å²) in [4.78, 5) is 16.3. The molecule has 0 spiro atoms. The molecule has 2 heterocycles. The zero-order chi connectivity index (χ0) is 14.5. The number of pyridine rings is 1. The van der Waals surface area contributed by atoms with E-state index in [1.807, 2.05) is 30.1 Å². The lowest BCUT2D eigenvalue weighted by Crippen LogP contribution is -2.23. The number of aromatic nitrogens is 2. The van der Waals surface area contributed by atoms with Gasteiger partial charge in [-0.25, -0.2) is 4.98 Å². The third-order valence-electron chi connectivity index (χ3n) is 2.96. The topological polar surface area (TPSA) is 46.9 Å². The minimum Gasteiger partial charge on any atom is -0.357 e. The van der Waals surface area contributed by atoms with Crippen LogP contribution in [0.15, 0.2) is 30.6 Å². The van der Waals surface area contributed by atoms with E-state index in [2.05, 4.69) is 17.2 Å². The number of nitrogens with zero attached hydrogens (tertiary/aromatic N) is 2. The van der Waals surface area contributed by atoms with Crippen molar-refractivity contribution in [1.29, 1.82) is 0 Å². The van der Waals surface area contributed by atoms with Crippen molar-refractivity contribution in [2.45, 2.75) is 26.3 Å². The van der Waals surface area contributed by atoms with E-state index in [0.717, 1.165) is 24.1 Å². The molecule has 2 rings (SSSR count). The highest BCUT2D eigenvalue weighted by Crippen LogP contribution is 2.12. The van der Waals surface area contributed by atoms with Crippen LogP contribution in [0.3, 0.4) is 0 Å². The fourth-order valence-corrected chi connectivity index (χ4v) is 2.24. The molecule has 4 nitrogen and oxygen atoms in total. The highest BCUT2D eigenvalue weighted by atomic mass is 35.5. The summed E-state index contributed by atoms with van der Waals surface area (Å²) in [5, 5.41) is 3.25. The number of amides is 1. The summed E-state index contributed by atoms with van der Waals surface area (Å²) in [6.07, 6.45) is 5.71. The second-order valence-corrected chi connectivity index (χ2v) is 5.18. The average molecular weight is 292 g/mol. The molecule has 0 unspecified atom stereocenters. The van der Waals surface area contributed by atoms with Crippen LogP contribution in [0.1, 0.15) is 35.0 Å². The Morgan fingerprint density at radius 1 is 1.45 bits per heavy atom. The first kappa shape index (κ1) is 14.6. The van der Waals surface area contributed by atoms with Crippen LogP contribution in [-0.2, 0) is 20.0 Å². The fourth-order valence-electron chi connectivity index (χ4n) is 2.02. The van der Waals surface area contributed by atoms with E-state index in [0.29, 0.717) is 17.3 Å². The van der Waals surface area contributed by atoms with E-state index >= 15 is 0 Å². The van der Waals surface area contributed by atoms with Gasteiger partial charge in [0.1, 0.15) is 5.15 Å². The minimum atomic E-state index is -0.129. The molecule has 1 amide bonds. The normalized spacial score (nSPS) is 10.6. The van der Waals surface area contributed by atoms with E-state index in [9.17, 15) is 4.79 Å². The maximum atomic E-state index is 12.1. The molecule has 20 heavy (non-hydrogen) atoms. The van der Waals surface area contributed by atoms with Crippen LogP contribution in [0.2, 0.25) is 5.15 Å². The van der Waals surface area contributed by atoms with Crippen molar-refractivity contribution in [2.24, 2.45) is 7.05 Å². The third-order valence-corrected chi connectivity index (χ3v) is 3.16. The van der Waals surface area contributed by atoms with Gasteiger partial charge in [-0.2, -0.15) is 0 Å². The second-order valence-electron chi connectivity index (χ2n) is 4.79. The van der Waals surface area contributed by atoms with Crippen LogP contribution in [0.5, 0.6) is 0 Å². The third kappa shape index (κ3) is 3.84. The predicted molar refractivity (Wildman–Crippen MR) is 79.8 cm³/mol. The van der Waals surface area contributed by atoms with E-state index < -0.39 is 0 Å². The lowest BCUT2D eigenvalue weighted by molar-refractivity contribution is 0.0950. The molecule has 2 aromatic rings. The van der Waals surface area contributed by atoms with Gasteiger partial charge in [-0.1, -0.05) is 24.9 Å². The smallest absolute Gasteiger partial charge is 0.251 e. The van der Waals surface area contributed by atoms with E-state index in [4.69, 9.17) is 11.6 Å². The zero-order valence-corrected chi connectivity index (χ0v) is 12.4. The van der Waals surface area contributed by atoms with Crippen LogP contribution in [0.25, 0.3) is 0 Å². The molecule has 0 fully saturated rings. The molecule has 1 N–H and O–H groups in total. The summed E-state index contributed by atoms with van der Waals surface area (Å²) >= 11 is 5.96. The van der Waals surface area contributed by atoms with Crippen LogP contribution in [-0.4, -0.2) is 15.5 Å². The summed E-state index contributed by atoms with van der Waals surface area (Å²) < 4.78 is 1.95. The molecular weight excluding hydrogens is 274 g/mol. The van der Waals surface area contributed by atoms with Gasteiger partial charge in [-0.3, -0.25) is 4.79 Å². The first-order valence-electron chi connectivity index (χ1n) is 6.64. The van der Waals surface area contributed by atoms with Gasteiger partial charge in [0.05, 0.1) is 0 Å². The molecule has 0 aromatic carbocycles. The van der Waals surface area contributed by atoms with Gasteiger partial charge in [-0.15, -0.1) is 0 Å². The molecule has 0 saturated carbocycles. The lowest BCUT2D eigenvalue weighted by Gasteiger charge is -2.06. The fraction of sp³-hybridized carbons (Fsp3) is 0.333. The van der Waals surface area contributed by atoms with E-state index in [-0.39, 0.29) is 5.91 Å². The molecule has 2 aromatic heterocycles. The monoisotopic (exact) mass is 291 g/mol. The van der Waals surface area contributed by atoms with Crippen LogP contribution >= 0.6 is 11.6 Å². The molecule has 0 bridgehead atoms. The molecule has 0 aliphatic heterocycles. The van der Waals surface area contributed by atoms with Crippen LogP contribution in [0.4, 0.5) is 0 Å². The first-order valence-corrected chi connectivity index (χ1v) is 7.02. The van der Waals surface area contributed by atoms with Crippen LogP contribution in [0, 0.1) is 0 Å². The molecule has 5 heteroatoms. The molecular formula is C15H18ClN3O. The zero-order valence-electron chi connectivity index (χ0n) is 11.7. The minimum absolute atomic E-state index is 0.129. The van der Waals surface area contributed by atoms with Gasteiger partial charge in [0.25, 0.3) is 5.91 Å². The van der Waals surface area contributed by atoms with Gasteiger partial charge < -0.3 is 9.88 Å². The van der Waals surface area contributed by atoms with Crippen molar-refractivity contribution < 1.29 is 4.79 Å². The number of hydrogen-bond donors (Lipinski definition) is 1. The Labute approximate surface area is 123 Å². The standard InChI is InChI=1S/C15H18ClN3O/c1-3-4-13-7-12(8-14(16)18-13)15(20)17-9-11-5-6-19(2)10-11/h5-8,10H,3-4,9H2,1-2H3,(H,17,20). The largest absolute Gasteiger partial charge is 0.357 e. The number of halogens is 1. The summed E-state index contributed by atoms with van der Waals surface area (Å²) in [7, 11) is 1.95. The van der Waals surface area contributed by atoms with Crippen molar-refractivity contribution in [3.63, 3.8) is 0 Å². The maximum Gasteiger partial charge on any atom is 0.251 e. The number of hydrogen-bond acceptors (Lipinski definition) is 2. The quantitative estimate of drug-likeness (QED) is 0.861. The van der Waals surface area contributed by atoms with Gasteiger partial charge in [-0.05, 0) is 30.2 Å². The van der Waals surface area contributed by atoms with Crippen molar-refractivity contribution in [3.8, 4) is 0 Å². The highest BCUT2D eigenvalue weighted by Gasteiger charge is 2.09. The van der Waals surface area contributed by atoms with Gasteiger partial charge in [0.2, 0.25) is 0 Å². The van der Waals surface area contributed by atoms with Crippen molar-refractivity contribution >= 4 is 17.5 Å². The lowest BCUT2D eigenvalue weighted by atomic mass is 10.1. The van der Waals surface area contributed by atoms with Gasteiger partial charge in [0.15, 0.2) is 0 Å². The first-order chi connectivity index (χ1) is 9.58. The summed E-state index contributed by atoms with van der Waals surface area (Å²) in [6, 6.07) is 5.37. The Balaban J connectivity index is 2.04. The number of carbonyl (C=O) groups is 1. The second kappa shape index (κ2) is 6.57. The molecule has 106 valence electrons. The van der Waals surface area contributed by atoms with Crippen molar-refractivity contribution in [2.75, 3.05) is 0 Å². The predicted octanol–water partition coefficient (Wildman–Crippen LogP) is 2.96. The number of rotatable bonds is 5. The van der Waals surface area contributed by atoms with Crippen molar-refractivity contribution in [1.82, 2.24) is 14.9 Å². The molecule has 0 aliphatic carbocycles. The Morgan fingerprint density at radius 3 is 2.90 bits per heavy atom. The summed E-state index contributed by atoms with van der Waals surface area (Å²) in [5.41, 5.74) is 2.48. The Morgan fingerprint density at radius 2 is 2.25 bits per heavy atom. The van der Waals surface area contributed by atoms with E-state index in [1.165, 1.54) is 0 Å². The molecule has 0 saturated heterocycles. The Hall–Kier alpha value is -1.81. The Bertz CT molecular complexity index is 607. The average Bonchev–Trinajstić information content (AvgIpc) is 2.81. The van der Waals surface area contributed by atoms with E-state index in [1.54, 1.807) is 12.1 Å². The van der Waals surface area contributed by atoms with Crippen LogP contribution < -0.4 is 5.32 Å². The number of nitrogens with one attached hydrogen (secondary N) is 1. The SMILES string of the molecule is CCCc1cc(C(=O)NCc2ccn(C)c2)cc(Cl)n1. The van der Waals surface area contributed by atoms with Gasteiger partial charge >= 0.3 is 0 Å².